The molecule has 1 aromatic carbocycles. The van der Waals surface area contributed by atoms with Gasteiger partial charge in [0.25, 0.3) is 0 Å². The van der Waals surface area contributed by atoms with Crippen molar-refractivity contribution in [3.8, 4) is 0 Å². The van der Waals surface area contributed by atoms with Gasteiger partial charge < -0.3 is 5.43 Å². The molecule has 2 aromatic heterocycles. The monoisotopic (exact) mass is 287 g/mol. The van der Waals surface area contributed by atoms with Gasteiger partial charge in [-0.05, 0) is 22.6 Å². The Morgan fingerprint density at radius 3 is 2.95 bits per heavy atom. The molecule has 0 atom stereocenters. The molecule has 102 valence electrons. The van der Waals surface area contributed by atoms with Crippen LogP contribution in [-0.4, -0.2) is 25.2 Å². The molecule has 3 N–H and O–H groups in total. The van der Waals surface area contributed by atoms with E-state index < -0.39 is 0 Å². The van der Waals surface area contributed by atoms with Gasteiger partial charge >= 0.3 is 0 Å². The number of hydrogen-bond acceptors (Lipinski definition) is 7. The van der Waals surface area contributed by atoms with Gasteiger partial charge in [0.2, 0.25) is 5.16 Å². The Kier molecular flexibility index (Phi) is 3.48. The summed E-state index contributed by atoms with van der Waals surface area (Å²) in [6.07, 6.45) is 0. The molecule has 3 aromatic rings. The Bertz CT molecular complexity index is 740. The molecule has 0 radical (unpaired) electrons. The number of aromatic nitrogens is 5. The summed E-state index contributed by atoms with van der Waals surface area (Å²) in [5.41, 5.74) is 4.57. The maximum Gasteiger partial charge on any atom is 0.209 e. The number of nitrogens with two attached hydrogens (primary N) is 1. The van der Waals surface area contributed by atoms with Crippen molar-refractivity contribution >= 4 is 28.5 Å². The highest BCUT2D eigenvalue weighted by Gasteiger charge is 2.09. The first-order valence-corrected chi connectivity index (χ1v) is 6.97. The molecular weight excluding hydrogens is 274 g/mol. The predicted molar refractivity (Wildman–Crippen MR) is 77.9 cm³/mol. The average molecular weight is 287 g/mol. The Morgan fingerprint density at radius 2 is 2.20 bits per heavy atom. The van der Waals surface area contributed by atoms with Crippen LogP contribution in [0.1, 0.15) is 5.56 Å². The summed E-state index contributed by atoms with van der Waals surface area (Å²) < 4.78 is 1.63. The number of fused-ring (bicyclic) bond motifs is 1. The molecule has 0 aliphatic carbocycles. The van der Waals surface area contributed by atoms with Crippen molar-refractivity contribution in [3.63, 3.8) is 0 Å². The molecule has 0 aliphatic heterocycles. The fraction of sp³-hybridized carbons (Fsp3) is 0.167. The zero-order valence-electron chi connectivity index (χ0n) is 10.8. The van der Waals surface area contributed by atoms with Gasteiger partial charge in [-0.25, -0.2) is 15.5 Å². The van der Waals surface area contributed by atoms with Gasteiger partial charge in [0.05, 0.1) is 5.52 Å². The van der Waals surface area contributed by atoms with E-state index in [1.165, 1.54) is 11.8 Å². The number of anilines is 1. The van der Waals surface area contributed by atoms with Crippen LogP contribution in [0.5, 0.6) is 0 Å². The van der Waals surface area contributed by atoms with Crippen LogP contribution in [0.15, 0.2) is 35.5 Å². The number of para-hydroxylation sites is 1. The zero-order valence-corrected chi connectivity index (χ0v) is 11.6. The second-order valence-electron chi connectivity index (χ2n) is 4.21. The molecule has 2 heterocycles. The van der Waals surface area contributed by atoms with Crippen LogP contribution >= 0.6 is 11.8 Å². The molecule has 0 amide bonds. The van der Waals surface area contributed by atoms with Crippen molar-refractivity contribution in [2.75, 3.05) is 5.43 Å². The van der Waals surface area contributed by atoms with Crippen LogP contribution in [0.4, 0.5) is 5.82 Å². The molecule has 7 nitrogen and oxygen atoms in total. The Labute approximate surface area is 119 Å². The van der Waals surface area contributed by atoms with E-state index in [1.807, 2.05) is 31.3 Å². The minimum Gasteiger partial charge on any atom is -0.308 e. The lowest BCUT2D eigenvalue weighted by molar-refractivity contribution is 0.664. The number of hydrazine groups is 1. The fourth-order valence-corrected chi connectivity index (χ4v) is 2.70. The van der Waals surface area contributed by atoms with Crippen molar-refractivity contribution in [3.05, 3.63) is 35.9 Å². The summed E-state index contributed by atoms with van der Waals surface area (Å²) in [6, 6.07) is 10.0. The topological polar surface area (TPSA) is 94.5 Å². The average Bonchev–Trinajstić information content (AvgIpc) is 2.89. The molecule has 0 saturated carbocycles. The van der Waals surface area contributed by atoms with E-state index in [1.54, 1.807) is 4.68 Å². The molecule has 8 heteroatoms. The van der Waals surface area contributed by atoms with Crippen LogP contribution < -0.4 is 11.3 Å². The van der Waals surface area contributed by atoms with Crippen LogP contribution in [0.3, 0.4) is 0 Å². The van der Waals surface area contributed by atoms with Crippen molar-refractivity contribution in [2.45, 2.75) is 10.9 Å². The second-order valence-corrected chi connectivity index (χ2v) is 5.15. The number of rotatable bonds is 4. The van der Waals surface area contributed by atoms with Crippen molar-refractivity contribution in [1.82, 2.24) is 25.2 Å². The number of aryl methyl sites for hydroxylation is 1. The quantitative estimate of drug-likeness (QED) is 0.424. The number of thioether (sulfide) groups is 1. The lowest BCUT2D eigenvalue weighted by Gasteiger charge is -2.09. The standard InChI is InChI=1S/C12H13N7S/c1-19-12(16-17-18-19)20-7-9-6-8-4-2-3-5-10(8)14-11(9)15-13/h2-6H,7,13H2,1H3,(H,14,15). The van der Waals surface area contributed by atoms with E-state index in [9.17, 15) is 0 Å². The van der Waals surface area contributed by atoms with Crippen LogP contribution in [0.25, 0.3) is 10.9 Å². The maximum absolute atomic E-state index is 5.55. The molecule has 0 spiro atoms. The van der Waals surface area contributed by atoms with E-state index >= 15 is 0 Å². The smallest absolute Gasteiger partial charge is 0.209 e. The summed E-state index contributed by atoms with van der Waals surface area (Å²) in [6.45, 7) is 0. The van der Waals surface area contributed by atoms with Gasteiger partial charge in [0.1, 0.15) is 5.82 Å². The number of nitrogens with one attached hydrogen (secondary N) is 1. The van der Waals surface area contributed by atoms with E-state index in [-0.39, 0.29) is 0 Å². The number of benzene rings is 1. The van der Waals surface area contributed by atoms with Gasteiger partial charge in [-0.1, -0.05) is 30.0 Å². The maximum atomic E-state index is 5.55. The van der Waals surface area contributed by atoms with Crippen molar-refractivity contribution in [2.24, 2.45) is 12.9 Å². The van der Waals surface area contributed by atoms with E-state index in [0.717, 1.165) is 21.6 Å². The minimum atomic E-state index is 0.673. The Hall–Kier alpha value is -2.19. The van der Waals surface area contributed by atoms with Crippen LogP contribution in [0, 0.1) is 0 Å². The number of pyridine rings is 1. The molecule has 0 saturated heterocycles. The summed E-state index contributed by atoms with van der Waals surface area (Å²) in [5, 5.41) is 13.2. The molecule has 0 fully saturated rings. The lowest BCUT2D eigenvalue weighted by Crippen LogP contribution is -2.11. The van der Waals surface area contributed by atoms with Crippen molar-refractivity contribution in [1.29, 1.82) is 0 Å². The Morgan fingerprint density at radius 1 is 1.35 bits per heavy atom. The summed E-state index contributed by atoms with van der Waals surface area (Å²) in [7, 11) is 1.81. The zero-order chi connectivity index (χ0) is 13.9. The highest BCUT2D eigenvalue weighted by Crippen LogP contribution is 2.26. The first kappa shape index (κ1) is 12.8. The third-order valence-corrected chi connectivity index (χ3v) is 3.94. The van der Waals surface area contributed by atoms with E-state index in [0.29, 0.717) is 11.6 Å². The number of hydrogen-bond donors (Lipinski definition) is 2. The summed E-state index contributed by atoms with van der Waals surface area (Å²) in [5.74, 6) is 6.91. The highest BCUT2D eigenvalue weighted by atomic mass is 32.2. The van der Waals surface area contributed by atoms with Gasteiger partial charge in [-0.3, -0.25) is 0 Å². The van der Waals surface area contributed by atoms with Crippen molar-refractivity contribution < 1.29 is 0 Å². The molecule has 0 unspecified atom stereocenters. The van der Waals surface area contributed by atoms with Gasteiger partial charge in [-0.15, -0.1) is 5.10 Å². The number of nitrogen functional groups attached to an aromatic ring is 1. The van der Waals surface area contributed by atoms with Crippen LogP contribution in [-0.2, 0) is 12.8 Å². The van der Waals surface area contributed by atoms with Gasteiger partial charge in [-0.2, -0.15) is 0 Å². The first-order chi connectivity index (χ1) is 9.78. The third-order valence-electron chi connectivity index (χ3n) is 2.88. The normalized spacial score (nSPS) is 10.9. The summed E-state index contributed by atoms with van der Waals surface area (Å²) >= 11 is 1.54. The first-order valence-electron chi connectivity index (χ1n) is 5.98. The number of tetrazole rings is 1. The predicted octanol–water partition coefficient (Wildman–Crippen LogP) is 1.34. The highest BCUT2D eigenvalue weighted by molar-refractivity contribution is 7.98. The minimum absolute atomic E-state index is 0.673. The lowest BCUT2D eigenvalue weighted by atomic mass is 10.1. The van der Waals surface area contributed by atoms with Gasteiger partial charge in [0, 0.05) is 23.8 Å². The van der Waals surface area contributed by atoms with E-state index in [2.05, 4.69) is 32.0 Å². The largest absolute Gasteiger partial charge is 0.308 e. The molecule has 3 rings (SSSR count). The molecular formula is C12H13N7S. The number of nitrogens with zero attached hydrogens (tertiary/aromatic N) is 5. The third kappa shape index (κ3) is 2.43. The van der Waals surface area contributed by atoms with Crippen LogP contribution in [0.2, 0.25) is 0 Å². The summed E-state index contributed by atoms with van der Waals surface area (Å²) in [4.78, 5) is 4.51. The van der Waals surface area contributed by atoms with Gasteiger partial charge in [0.15, 0.2) is 0 Å². The molecule has 0 bridgehead atoms. The second kappa shape index (κ2) is 5.43. The SMILES string of the molecule is Cn1nnnc1SCc1cc2ccccc2nc1NN. The molecule has 20 heavy (non-hydrogen) atoms. The Balaban J connectivity index is 1.91. The molecule has 0 aliphatic rings. The fourth-order valence-electron chi connectivity index (χ4n) is 1.88. The van der Waals surface area contributed by atoms with E-state index in [4.69, 9.17) is 5.84 Å².